The SMILES string of the molecule is Cc1ccc(N(CC(=O)Nc2cccc(NC(=O)c3ccc(C(C)(C)C)cc3)c2)S(=O)(=O)c2ccccc2)c(C)c1. The van der Waals surface area contributed by atoms with Gasteiger partial charge in [0, 0.05) is 16.9 Å². The maximum atomic E-state index is 13.6. The molecule has 0 unspecified atom stereocenters. The third kappa shape index (κ3) is 7.21. The fourth-order valence-corrected chi connectivity index (χ4v) is 5.94. The molecule has 0 saturated heterocycles. The number of aryl methyl sites for hydroxylation is 2. The van der Waals surface area contributed by atoms with Crippen molar-refractivity contribution >= 4 is 38.9 Å². The average Bonchev–Trinajstić information content (AvgIpc) is 2.92. The molecule has 0 aromatic heterocycles. The van der Waals surface area contributed by atoms with Crippen LogP contribution in [0.3, 0.4) is 0 Å². The molecule has 2 N–H and O–H groups in total. The molecule has 0 aliphatic carbocycles. The summed E-state index contributed by atoms with van der Waals surface area (Å²) in [5, 5.41) is 5.64. The monoisotopic (exact) mass is 569 g/mol. The number of carbonyl (C=O) groups excluding carboxylic acids is 2. The summed E-state index contributed by atoms with van der Waals surface area (Å²) in [6, 6.07) is 27.6. The van der Waals surface area contributed by atoms with E-state index < -0.39 is 22.5 Å². The first-order valence-corrected chi connectivity index (χ1v) is 14.8. The van der Waals surface area contributed by atoms with E-state index in [4.69, 9.17) is 0 Å². The van der Waals surface area contributed by atoms with Gasteiger partial charge in [0.15, 0.2) is 0 Å². The third-order valence-electron chi connectivity index (χ3n) is 6.66. The number of anilines is 3. The van der Waals surface area contributed by atoms with Crippen LogP contribution in [0.1, 0.15) is 47.8 Å². The molecule has 0 aliphatic rings. The summed E-state index contributed by atoms with van der Waals surface area (Å²) in [5.74, 6) is -0.797. The molecule has 0 aliphatic heterocycles. The fraction of sp³-hybridized carbons (Fsp3) is 0.212. The number of hydrogen-bond acceptors (Lipinski definition) is 4. The number of nitrogens with zero attached hydrogens (tertiary/aromatic N) is 1. The summed E-state index contributed by atoms with van der Waals surface area (Å²) in [6.07, 6.45) is 0. The number of carbonyl (C=O) groups is 2. The van der Waals surface area contributed by atoms with Gasteiger partial charge in [-0.25, -0.2) is 8.42 Å². The lowest BCUT2D eigenvalue weighted by molar-refractivity contribution is -0.114. The highest BCUT2D eigenvalue weighted by molar-refractivity contribution is 7.92. The van der Waals surface area contributed by atoms with Gasteiger partial charge in [-0.2, -0.15) is 0 Å². The van der Waals surface area contributed by atoms with Crippen molar-refractivity contribution in [3.05, 3.63) is 119 Å². The van der Waals surface area contributed by atoms with Crippen molar-refractivity contribution in [2.75, 3.05) is 21.5 Å². The van der Waals surface area contributed by atoms with E-state index in [1.54, 1.807) is 60.7 Å². The highest BCUT2D eigenvalue weighted by Crippen LogP contribution is 2.28. The number of hydrogen-bond donors (Lipinski definition) is 2. The summed E-state index contributed by atoms with van der Waals surface area (Å²) in [7, 11) is -4.03. The smallest absolute Gasteiger partial charge is 0.264 e. The van der Waals surface area contributed by atoms with Gasteiger partial charge in [-0.1, -0.05) is 74.9 Å². The van der Waals surface area contributed by atoms with Crippen molar-refractivity contribution in [2.24, 2.45) is 0 Å². The third-order valence-corrected chi connectivity index (χ3v) is 8.43. The van der Waals surface area contributed by atoms with E-state index in [1.807, 2.05) is 38.1 Å². The average molecular weight is 570 g/mol. The quantitative estimate of drug-likeness (QED) is 0.247. The first-order valence-electron chi connectivity index (χ1n) is 13.3. The van der Waals surface area contributed by atoms with Crippen LogP contribution in [0, 0.1) is 13.8 Å². The second-order valence-corrected chi connectivity index (χ2v) is 12.9. The summed E-state index contributed by atoms with van der Waals surface area (Å²) in [6.45, 7) is 9.64. The minimum absolute atomic E-state index is 0.0182. The maximum Gasteiger partial charge on any atom is 0.264 e. The Morgan fingerprint density at radius 2 is 1.39 bits per heavy atom. The molecule has 4 aromatic carbocycles. The second-order valence-electron chi connectivity index (χ2n) is 11.0. The van der Waals surface area contributed by atoms with Gasteiger partial charge in [0.2, 0.25) is 5.91 Å². The standard InChI is InChI=1S/C33H35N3O4S/c1-23-14-19-30(24(2)20-23)36(41(39,40)29-12-7-6-8-13-29)22-31(37)34-27-10-9-11-28(21-27)35-32(38)25-15-17-26(18-16-25)33(3,4)5/h6-21H,22H2,1-5H3,(H,34,37)(H,35,38). The maximum absolute atomic E-state index is 13.6. The Morgan fingerprint density at radius 3 is 2.00 bits per heavy atom. The van der Waals surface area contributed by atoms with Gasteiger partial charge in [0.1, 0.15) is 6.54 Å². The predicted octanol–water partition coefficient (Wildman–Crippen LogP) is 6.69. The van der Waals surface area contributed by atoms with E-state index in [9.17, 15) is 18.0 Å². The van der Waals surface area contributed by atoms with E-state index in [2.05, 4.69) is 31.4 Å². The molecule has 0 heterocycles. The van der Waals surface area contributed by atoms with Crippen molar-refractivity contribution in [3.63, 3.8) is 0 Å². The molecule has 0 saturated carbocycles. The van der Waals surface area contributed by atoms with Crippen molar-refractivity contribution in [1.82, 2.24) is 0 Å². The molecule has 2 amide bonds. The van der Waals surface area contributed by atoms with Crippen LogP contribution in [0.2, 0.25) is 0 Å². The molecule has 0 atom stereocenters. The fourth-order valence-electron chi connectivity index (χ4n) is 4.44. The van der Waals surface area contributed by atoms with Gasteiger partial charge in [0.05, 0.1) is 10.6 Å². The Labute approximate surface area is 242 Å². The molecule has 0 spiro atoms. The molecule has 0 radical (unpaired) electrons. The van der Waals surface area contributed by atoms with Gasteiger partial charge >= 0.3 is 0 Å². The molecule has 0 bridgehead atoms. The number of sulfonamides is 1. The first kappa shape index (κ1) is 29.6. The lowest BCUT2D eigenvalue weighted by Crippen LogP contribution is -2.38. The number of rotatable bonds is 8. The van der Waals surface area contributed by atoms with Crippen LogP contribution in [0.5, 0.6) is 0 Å². The molecule has 7 nitrogen and oxygen atoms in total. The molecule has 8 heteroatoms. The van der Waals surface area contributed by atoms with E-state index >= 15 is 0 Å². The molecular weight excluding hydrogens is 534 g/mol. The van der Waals surface area contributed by atoms with Crippen molar-refractivity contribution in [3.8, 4) is 0 Å². The molecule has 4 aromatic rings. The van der Waals surface area contributed by atoms with E-state index in [-0.39, 0.29) is 16.2 Å². The van der Waals surface area contributed by atoms with Gasteiger partial charge in [-0.05, 0) is 78.9 Å². The Morgan fingerprint density at radius 1 is 0.756 bits per heavy atom. The zero-order valence-corrected chi connectivity index (χ0v) is 24.7. The Balaban J connectivity index is 1.52. The van der Waals surface area contributed by atoms with E-state index in [0.29, 0.717) is 22.6 Å². The first-order chi connectivity index (χ1) is 19.3. The lowest BCUT2D eigenvalue weighted by atomic mass is 9.87. The zero-order chi connectivity index (χ0) is 29.8. The molecular formula is C33H35N3O4S. The van der Waals surface area contributed by atoms with E-state index in [0.717, 1.165) is 21.0 Å². The Hall–Kier alpha value is -4.43. The van der Waals surface area contributed by atoms with Gasteiger partial charge < -0.3 is 10.6 Å². The lowest BCUT2D eigenvalue weighted by Gasteiger charge is -2.26. The van der Waals surface area contributed by atoms with Crippen LogP contribution in [0.15, 0.2) is 102 Å². The van der Waals surface area contributed by atoms with Gasteiger partial charge in [-0.3, -0.25) is 13.9 Å². The van der Waals surface area contributed by atoms with Crippen molar-refractivity contribution < 1.29 is 18.0 Å². The largest absolute Gasteiger partial charge is 0.324 e. The number of nitrogens with one attached hydrogen (secondary N) is 2. The zero-order valence-electron chi connectivity index (χ0n) is 23.9. The van der Waals surface area contributed by atoms with Crippen molar-refractivity contribution in [1.29, 1.82) is 0 Å². The highest BCUT2D eigenvalue weighted by Gasteiger charge is 2.28. The topological polar surface area (TPSA) is 95.6 Å². The van der Waals surface area contributed by atoms with Crippen LogP contribution in [0.25, 0.3) is 0 Å². The van der Waals surface area contributed by atoms with Crippen molar-refractivity contribution in [2.45, 2.75) is 44.9 Å². The normalized spacial score (nSPS) is 11.5. The Kier molecular flexibility index (Phi) is 8.63. The van der Waals surface area contributed by atoms with Crippen LogP contribution in [-0.2, 0) is 20.2 Å². The molecule has 212 valence electrons. The van der Waals surface area contributed by atoms with E-state index in [1.165, 1.54) is 12.1 Å². The molecule has 0 fully saturated rings. The Bertz CT molecular complexity index is 1660. The van der Waals surface area contributed by atoms with Gasteiger partial charge in [0.25, 0.3) is 15.9 Å². The number of amides is 2. The van der Waals surface area contributed by atoms with Gasteiger partial charge in [-0.15, -0.1) is 0 Å². The molecule has 4 rings (SSSR count). The summed E-state index contributed by atoms with van der Waals surface area (Å²) >= 11 is 0. The summed E-state index contributed by atoms with van der Waals surface area (Å²) < 4.78 is 28.4. The summed E-state index contributed by atoms with van der Waals surface area (Å²) in [4.78, 5) is 26.1. The van der Waals surface area contributed by atoms with Crippen LogP contribution in [0.4, 0.5) is 17.1 Å². The highest BCUT2D eigenvalue weighted by atomic mass is 32.2. The minimum Gasteiger partial charge on any atom is -0.324 e. The second kappa shape index (κ2) is 12.0. The summed E-state index contributed by atoms with van der Waals surface area (Å²) in [5.41, 5.74) is 4.69. The molecule has 41 heavy (non-hydrogen) atoms. The number of benzene rings is 4. The predicted molar refractivity (Wildman–Crippen MR) is 165 cm³/mol. The van der Waals surface area contributed by atoms with Crippen LogP contribution >= 0.6 is 0 Å². The van der Waals surface area contributed by atoms with Crippen LogP contribution < -0.4 is 14.9 Å². The van der Waals surface area contributed by atoms with Crippen LogP contribution in [-0.4, -0.2) is 26.8 Å². The minimum atomic E-state index is -4.03.